The van der Waals surface area contributed by atoms with Crippen LogP contribution in [0.3, 0.4) is 0 Å². The predicted molar refractivity (Wildman–Crippen MR) is 62.5 cm³/mol. The third-order valence-electron chi connectivity index (χ3n) is 2.26. The van der Waals surface area contributed by atoms with Gasteiger partial charge in [-0.3, -0.25) is 0 Å². The number of pyridine rings is 1. The first-order valence-corrected chi connectivity index (χ1v) is 5.11. The highest BCUT2D eigenvalue weighted by Gasteiger charge is 2.02. The van der Waals surface area contributed by atoms with Gasteiger partial charge in [-0.05, 0) is 11.6 Å². The number of aromatic hydroxyl groups is 1. The molecule has 0 saturated carbocycles. The summed E-state index contributed by atoms with van der Waals surface area (Å²) in [6.45, 7) is 0. The summed E-state index contributed by atoms with van der Waals surface area (Å²) in [5, 5.41) is 9.72. The largest absolute Gasteiger partial charge is 0.505 e. The zero-order chi connectivity index (χ0) is 10.7. The number of hydrogen-bond acceptors (Lipinski definition) is 2. The van der Waals surface area contributed by atoms with Crippen LogP contribution in [-0.2, 0) is 6.42 Å². The molecule has 0 radical (unpaired) electrons. The first kappa shape index (κ1) is 9.93. The van der Waals surface area contributed by atoms with E-state index in [2.05, 4.69) is 4.98 Å². The minimum Gasteiger partial charge on any atom is -0.505 e. The summed E-state index contributed by atoms with van der Waals surface area (Å²) in [7, 11) is 0. The highest BCUT2D eigenvalue weighted by molar-refractivity contribution is 7.71. The molecule has 0 aliphatic rings. The van der Waals surface area contributed by atoms with Gasteiger partial charge in [0.1, 0.15) is 4.64 Å². The summed E-state index contributed by atoms with van der Waals surface area (Å²) in [4.78, 5) is 2.79. The Morgan fingerprint density at radius 2 is 1.87 bits per heavy atom. The molecule has 0 saturated heterocycles. The van der Waals surface area contributed by atoms with Crippen LogP contribution in [-0.4, -0.2) is 10.1 Å². The van der Waals surface area contributed by atoms with Gasteiger partial charge in [0.25, 0.3) is 0 Å². The standard InChI is InChI=1S/C12H11NOS/c14-11-10(6-7-13-12(11)15)8-9-4-2-1-3-5-9/h1-7,14H,8H2,(H,13,15). The van der Waals surface area contributed by atoms with Crippen molar-refractivity contribution in [3.05, 3.63) is 58.4 Å². The molecule has 2 nitrogen and oxygen atoms in total. The van der Waals surface area contributed by atoms with E-state index in [1.54, 1.807) is 6.20 Å². The maximum Gasteiger partial charge on any atom is 0.153 e. The fourth-order valence-corrected chi connectivity index (χ4v) is 1.67. The van der Waals surface area contributed by atoms with Crippen molar-refractivity contribution in [3.8, 4) is 5.75 Å². The Kier molecular flexibility index (Phi) is 2.83. The van der Waals surface area contributed by atoms with E-state index in [0.29, 0.717) is 11.1 Å². The lowest BCUT2D eigenvalue weighted by Gasteiger charge is -2.04. The van der Waals surface area contributed by atoms with Gasteiger partial charge >= 0.3 is 0 Å². The third-order valence-corrected chi connectivity index (χ3v) is 2.57. The lowest BCUT2D eigenvalue weighted by atomic mass is 10.1. The number of rotatable bonds is 2. The SMILES string of the molecule is Oc1c(Cc2ccccc2)cc[nH]c1=S. The molecule has 0 aliphatic carbocycles. The van der Waals surface area contributed by atoms with E-state index in [1.165, 1.54) is 0 Å². The molecule has 0 atom stereocenters. The maximum absolute atomic E-state index is 9.72. The average Bonchev–Trinajstić information content (AvgIpc) is 2.26. The molecule has 2 N–H and O–H groups in total. The Morgan fingerprint density at radius 1 is 1.13 bits per heavy atom. The van der Waals surface area contributed by atoms with E-state index in [-0.39, 0.29) is 5.75 Å². The highest BCUT2D eigenvalue weighted by Crippen LogP contribution is 2.19. The lowest BCUT2D eigenvalue weighted by molar-refractivity contribution is 0.464. The van der Waals surface area contributed by atoms with Crippen LogP contribution in [0.4, 0.5) is 0 Å². The Morgan fingerprint density at radius 3 is 2.60 bits per heavy atom. The van der Waals surface area contributed by atoms with Crippen LogP contribution in [0.5, 0.6) is 5.75 Å². The molecule has 1 aromatic carbocycles. The summed E-state index contributed by atoms with van der Waals surface area (Å²) in [6, 6.07) is 11.8. The van der Waals surface area contributed by atoms with Gasteiger partial charge in [0.15, 0.2) is 5.75 Å². The third kappa shape index (κ3) is 2.25. The molecule has 0 bridgehead atoms. The van der Waals surface area contributed by atoms with Gasteiger partial charge in [0, 0.05) is 18.2 Å². The Bertz CT molecular complexity index is 505. The van der Waals surface area contributed by atoms with Gasteiger partial charge in [-0.1, -0.05) is 42.5 Å². The molecule has 0 spiro atoms. The average molecular weight is 217 g/mol. The molecule has 0 unspecified atom stereocenters. The van der Waals surface area contributed by atoms with Crippen LogP contribution in [0.25, 0.3) is 0 Å². The van der Waals surface area contributed by atoms with Gasteiger partial charge in [-0.2, -0.15) is 0 Å². The molecule has 1 heterocycles. The second kappa shape index (κ2) is 4.28. The van der Waals surface area contributed by atoms with Crippen molar-refractivity contribution < 1.29 is 5.11 Å². The van der Waals surface area contributed by atoms with Crippen LogP contribution < -0.4 is 0 Å². The van der Waals surface area contributed by atoms with Crippen molar-refractivity contribution in [2.24, 2.45) is 0 Å². The van der Waals surface area contributed by atoms with Gasteiger partial charge in [0.05, 0.1) is 0 Å². The zero-order valence-electron chi connectivity index (χ0n) is 8.10. The molecule has 15 heavy (non-hydrogen) atoms. The monoisotopic (exact) mass is 217 g/mol. The van der Waals surface area contributed by atoms with Crippen LogP contribution >= 0.6 is 12.2 Å². The summed E-state index contributed by atoms with van der Waals surface area (Å²) in [6.07, 6.45) is 2.45. The number of benzene rings is 1. The van der Waals surface area contributed by atoms with Crippen molar-refractivity contribution in [2.45, 2.75) is 6.42 Å². The minimum atomic E-state index is 0.177. The number of aromatic nitrogens is 1. The van der Waals surface area contributed by atoms with Gasteiger partial charge in [-0.25, -0.2) is 0 Å². The summed E-state index contributed by atoms with van der Waals surface area (Å²) in [5.41, 5.74) is 2.01. The first-order valence-electron chi connectivity index (χ1n) is 4.71. The topological polar surface area (TPSA) is 36.0 Å². The molecule has 0 amide bonds. The first-order chi connectivity index (χ1) is 7.27. The maximum atomic E-state index is 9.72. The van der Waals surface area contributed by atoms with Crippen LogP contribution in [0, 0.1) is 4.64 Å². The quantitative estimate of drug-likeness (QED) is 0.758. The van der Waals surface area contributed by atoms with Crippen LogP contribution in [0.1, 0.15) is 11.1 Å². The molecule has 3 heteroatoms. The summed E-state index contributed by atoms with van der Waals surface area (Å²) in [5.74, 6) is 0.177. The number of H-pyrrole nitrogens is 1. The molecule has 76 valence electrons. The molecule has 0 aliphatic heterocycles. The Hall–Kier alpha value is -1.61. The Labute approximate surface area is 93.2 Å². The van der Waals surface area contributed by atoms with E-state index in [0.717, 1.165) is 11.1 Å². The molecular weight excluding hydrogens is 206 g/mol. The zero-order valence-corrected chi connectivity index (χ0v) is 8.92. The van der Waals surface area contributed by atoms with Crippen LogP contribution in [0.2, 0.25) is 0 Å². The highest BCUT2D eigenvalue weighted by atomic mass is 32.1. The van der Waals surface area contributed by atoms with Gasteiger partial charge in [0.2, 0.25) is 0 Å². The van der Waals surface area contributed by atoms with Gasteiger partial charge in [-0.15, -0.1) is 0 Å². The minimum absolute atomic E-state index is 0.177. The number of nitrogens with one attached hydrogen (secondary N) is 1. The number of aromatic amines is 1. The van der Waals surface area contributed by atoms with E-state index in [4.69, 9.17) is 12.2 Å². The predicted octanol–water partition coefficient (Wildman–Crippen LogP) is 3.04. The molecular formula is C12H11NOS. The lowest BCUT2D eigenvalue weighted by Crippen LogP contribution is -1.89. The van der Waals surface area contributed by atoms with E-state index < -0.39 is 0 Å². The molecule has 2 rings (SSSR count). The second-order valence-electron chi connectivity index (χ2n) is 3.34. The van der Waals surface area contributed by atoms with Crippen molar-refractivity contribution in [3.63, 3.8) is 0 Å². The smallest absolute Gasteiger partial charge is 0.153 e. The normalized spacial score (nSPS) is 10.1. The van der Waals surface area contributed by atoms with E-state index in [1.807, 2.05) is 36.4 Å². The molecule has 0 fully saturated rings. The van der Waals surface area contributed by atoms with Crippen molar-refractivity contribution in [1.82, 2.24) is 4.98 Å². The van der Waals surface area contributed by atoms with Crippen LogP contribution in [0.15, 0.2) is 42.6 Å². The summed E-state index contributed by atoms with van der Waals surface area (Å²) < 4.78 is 0.392. The van der Waals surface area contributed by atoms with E-state index >= 15 is 0 Å². The van der Waals surface area contributed by atoms with Crippen molar-refractivity contribution in [2.75, 3.05) is 0 Å². The Balaban J connectivity index is 2.33. The fourth-order valence-electron chi connectivity index (χ4n) is 1.47. The van der Waals surface area contributed by atoms with E-state index in [9.17, 15) is 5.11 Å². The molecule has 2 aromatic rings. The summed E-state index contributed by atoms with van der Waals surface area (Å²) >= 11 is 4.95. The second-order valence-corrected chi connectivity index (χ2v) is 3.75. The molecule has 1 aromatic heterocycles. The van der Waals surface area contributed by atoms with Gasteiger partial charge < -0.3 is 10.1 Å². The van der Waals surface area contributed by atoms with Crippen molar-refractivity contribution >= 4 is 12.2 Å². The van der Waals surface area contributed by atoms with Crippen molar-refractivity contribution in [1.29, 1.82) is 0 Å². The number of hydrogen-bond donors (Lipinski definition) is 2. The fraction of sp³-hybridized carbons (Fsp3) is 0.0833.